The fourth-order valence-electron chi connectivity index (χ4n) is 10.1. The first-order valence-electron chi connectivity index (χ1n) is 38.2. The summed E-state index contributed by atoms with van der Waals surface area (Å²) in [4.78, 5) is 126. The molecule has 644 valence electrons. The molecule has 0 heterocycles. The number of thiol groups is 1. The van der Waals surface area contributed by atoms with Gasteiger partial charge in [-0.25, -0.2) is 0 Å². The van der Waals surface area contributed by atoms with Crippen LogP contribution in [0.3, 0.4) is 0 Å². The Hall–Kier alpha value is -6.52. The Morgan fingerprint density at radius 3 is 0.899 bits per heavy atom. The quantitative estimate of drug-likeness (QED) is 0.0281. The fraction of sp³-hybridized carbons (Fsp3) is 0.778. The molecule has 1 aliphatic rings. The molecule has 26 nitrogen and oxygen atoms in total. The van der Waals surface area contributed by atoms with Crippen LogP contribution in [0.2, 0.25) is 0 Å². The normalized spacial score (nSPS) is 14.2. The van der Waals surface area contributed by atoms with Crippen LogP contribution < -0.4 is 5.73 Å². The van der Waals surface area contributed by atoms with Gasteiger partial charge in [-0.15, -0.1) is 0 Å². The van der Waals surface area contributed by atoms with Crippen molar-refractivity contribution in [3.63, 3.8) is 0 Å². The topological polar surface area (TPSA) is 494 Å². The van der Waals surface area contributed by atoms with Crippen LogP contribution in [-0.2, 0) is 64.0 Å². The van der Waals surface area contributed by atoms with Crippen molar-refractivity contribution in [2.75, 3.05) is 24.4 Å². The number of thioether (sulfide) groups is 1. The maximum atomic E-state index is 10.9. The zero-order chi connectivity index (χ0) is 88.6. The van der Waals surface area contributed by atoms with E-state index in [-0.39, 0.29) is 114 Å². The molecule has 0 saturated heterocycles. The van der Waals surface area contributed by atoms with Crippen molar-refractivity contribution in [1.82, 2.24) is 0 Å². The van der Waals surface area contributed by atoms with Gasteiger partial charge in [0.15, 0.2) is 0 Å². The highest BCUT2D eigenvalue weighted by Crippen LogP contribution is 2.26. The Morgan fingerprint density at radius 2 is 0.761 bits per heavy atom. The molecular weight excluding hydrogens is 1450 g/mol. The summed E-state index contributed by atoms with van der Waals surface area (Å²) in [5, 5.41) is 112. The van der Waals surface area contributed by atoms with Crippen molar-refractivity contribution in [1.29, 1.82) is 0 Å². The average molecular weight is 1610 g/mol. The molecule has 1 aromatic rings. The molecule has 0 aliphatic heterocycles. The highest BCUT2D eigenvalue weighted by Gasteiger charge is 2.30. The Bertz CT molecular complexity index is 2460. The van der Waals surface area contributed by atoms with Crippen LogP contribution >= 0.6 is 24.4 Å². The summed E-state index contributed by atoms with van der Waals surface area (Å²) in [7, 11) is 0. The van der Waals surface area contributed by atoms with Crippen LogP contribution in [0.4, 0.5) is 0 Å². The Morgan fingerprint density at radius 1 is 0.440 bits per heavy atom. The Balaban J connectivity index is -0.000000125. The second kappa shape index (κ2) is 74.2. The van der Waals surface area contributed by atoms with Gasteiger partial charge in [-0.3, -0.25) is 57.5 Å². The van der Waals surface area contributed by atoms with E-state index in [0.717, 1.165) is 56.3 Å². The maximum absolute atomic E-state index is 10.9. The van der Waals surface area contributed by atoms with Crippen molar-refractivity contribution in [3.05, 3.63) is 35.9 Å². The number of carboxylic acids is 11. The standard InChI is InChI=1S/C12H16O2.2C9H18O2.C8H16O2S.C7H13NO3.C7H12O4.C7H14O3.C6H12O3.C6H12O2S.C6H10O2.2C2H6/c1-9(2)11(12(13)14)8-10-6-4-3-5-7-10;1-6(2)5-8(7(3)4)9(10)11;1-5-7(4)8(6(2)3)9(10)11;1-6(2)7(8(9)10)4-5-11-3;2*1-4(2)5(7(10)11)3-6(8)9;1-4(2)6(5(3)8)7(9)10;1-4(2)5(3-7)6(8)9;1-4(2)5(3-9)6(7)8;7-6(8)5-3-1-2-4-5;2*1-2/h3-7,9,11H,8H2,1-2H3,(H,13,14);2*6-8H,5H2,1-4H3,(H,10,11);6-7H,4-5H2,1-3H3,(H,9,10);4-5H,3H2,1-2H3,(H2,8,9)(H,10,11);4-5H,3H2,1-2H3,(H,8,9)(H,10,11);4-6,8H,1-3H3,(H,9,10);4-5,7H,3H2,1-2H3,(H,8,9);4-5,9H,3H2,1-2H3,(H,7,8);5H,1-4H2,(H,7,8);2*1-2H3. The van der Waals surface area contributed by atoms with Gasteiger partial charge >= 0.3 is 65.7 Å². The Kier molecular flexibility index (Phi) is 84.0. The Labute approximate surface area is 664 Å². The molecule has 0 spiro atoms. The van der Waals surface area contributed by atoms with Crippen molar-refractivity contribution in [2.45, 2.75) is 257 Å². The molecule has 28 heteroatoms. The zero-order valence-electron chi connectivity index (χ0n) is 71.4. The van der Waals surface area contributed by atoms with Crippen molar-refractivity contribution >= 4 is 96.0 Å². The molecule has 0 radical (unpaired) electrons. The first-order valence-corrected chi connectivity index (χ1v) is 40.2. The van der Waals surface area contributed by atoms with Crippen molar-refractivity contribution < 1.29 is 124 Å². The summed E-state index contributed by atoms with van der Waals surface area (Å²) in [5.41, 5.74) is 5.96. The van der Waals surface area contributed by atoms with Crippen LogP contribution in [0.15, 0.2) is 30.3 Å². The number of hydrogen-bond donors (Lipinski definition) is 15. The summed E-state index contributed by atoms with van der Waals surface area (Å²) in [5.74, 6) is -10.3. The third kappa shape index (κ3) is 71.5. The average Bonchev–Trinajstić information content (AvgIpc) is 1.55. The number of carbonyl (C=O) groups excluding carboxylic acids is 1. The smallest absolute Gasteiger partial charge is 0.309 e. The van der Waals surface area contributed by atoms with Crippen LogP contribution in [0.25, 0.3) is 0 Å². The number of aliphatic hydroxyl groups excluding tert-OH is 2. The van der Waals surface area contributed by atoms with E-state index in [9.17, 15) is 57.5 Å². The number of aliphatic carboxylic acids is 11. The number of hydrogen-bond acceptors (Lipinski definition) is 16. The number of nitrogens with two attached hydrogens (primary N) is 1. The summed E-state index contributed by atoms with van der Waals surface area (Å²) < 4.78 is 0. The minimum Gasteiger partial charge on any atom is -0.481 e. The van der Waals surface area contributed by atoms with Gasteiger partial charge in [0.25, 0.3) is 0 Å². The molecule has 1 amide bonds. The summed E-state index contributed by atoms with van der Waals surface area (Å²) in [6.07, 6.45) is 8.00. The van der Waals surface area contributed by atoms with E-state index in [4.69, 9.17) is 72.1 Å². The zero-order valence-corrected chi connectivity index (χ0v) is 73.1. The van der Waals surface area contributed by atoms with Gasteiger partial charge < -0.3 is 72.1 Å². The SMILES string of the molecule is CC.CC.CC(C)C(C(=O)O)C(C)O.CC(C)C(CC(=O)O)C(=O)O.CC(C)C(CC(N)=O)C(=O)O.CC(C)C(CO)C(=O)O.CC(C)C(CS)C(=O)O.CC(C)C(Cc1ccccc1)C(=O)O.CC(C)CC(C(=O)O)C(C)C.CCC(C)C(C(=O)O)C(C)C.CSCCC(C(=O)O)C(C)C.O=C(O)C1CCCC1. The first-order chi connectivity index (χ1) is 50.0. The van der Waals surface area contributed by atoms with Gasteiger partial charge in [-0.2, -0.15) is 24.4 Å². The maximum Gasteiger partial charge on any atom is 0.309 e. The van der Waals surface area contributed by atoms with Gasteiger partial charge in [0.2, 0.25) is 5.91 Å². The third-order valence-corrected chi connectivity index (χ3v) is 18.2. The number of primary amides is 1. The molecule has 15 N–H and O–H groups in total. The van der Waals surface area contributed by atoms with E-state index in [2.05, 4.69) is 26.5 Å². The van der Waals surface area contributed by atoms with Crippen molar-refractivity contribution in [3.8, 4) is 0 Å². The molecule has 109 heavy (non-hydrogen) atoms. The van der Waals surface area contributed by atoms with E-state index in [1.807, 2.05) is 147 Å². The molecule has 2 rings (SSSR count). The molecule has 0 bridgehead atoms. The number of amides is 1. The van der Waals surface area contributed by atoms with Crippen LogP contribution in [-0.4, -0.2) is 168 Å². The lowest BCUT2D eigenvalue weighted by Gasteiger charge is -2.21. The van der Waals surface area contributed by atoms with Gasteiger partial charge in [0.05, 0.1) is 78.3 Å². The molecule has 0 aromatic heterocycles. The van der Waals surface area contributed by atoms with Gasteiger partial charge in [-0.05, 0) is 122 Å². The van der Waals surface area contributed by atoms with Gasteiger partial charge in [0.1, 0.15) is 0 Å². The summed E-state index contributed by atoms with van der Waals surface area (Å²) >= 11 is 5.61. The van der Waals surface area contributed by atoms with Crippen LogP contribution in [0.1, 0.15) is 250 Å². The fourth-order valence-corrected chi connectivity index (χ4v) is 11.1. The third-order valence-electron chi connectivity index (χ3n) is 17.2. The predicted molar refractivity (Wildman–Crippen MR) is 437 cm³/mol. The van der Waals surface area contributed by atoms with E-state index in [1.165, 1.54) is 6.92 Å². The van der Waals surface area contributed by atoms with Crippen LogP contribution in [0, 0.1) is 124 Å². The number of rotatable bonds is 35. The lowest BCUT2D eigenvalue weighted by Crippen LogP contribution is -2.30. The number of carboxylic acid groups (broad SMARTS) is 11. The minimum absolute atomic E-state index is 0.00694. The lowest BCUT2D eigenvalue weighted by atomic mass is 9.83. The lowest BCUT2D eigenvalue weighted by molar-refractivity contribution is -0.149. The van der Waals surface area contributed by atoms with E-state index in [1.54, 1.807) is 67.2 Å². The molecule has 1 fully saturated rings. The number of aliphatic hydroxyl groups is 2. The number of benzene rings is 1. The second-order valence-corrected chi connectivity index (χ2v) is 31.1. The monoisotopic (exact) mass is 1600 g/mol. The molecule has 1 saturated carbocycles. The highest BCUT2D eigenvalue weighted by molar-refractivity contribution is 7.98. The molecule has 1 aliphatic carbocycles. The summed E-state index contributed by atoms with van der Waals surface area (Å²) in [6.45, 7) is 50.8. The van der Waals surface area contributed by atoms with Gasteiger partial charge in [-0.1, -0.05) is 230 Å². The molecule has 11 atom stereocenters. The highest BCUT2D eigenvalue weighted by atomic mass is 32.2. The van der Waals surface area contributed by atoms with Crippen molar-refractivity contribution in [2.24, 2.45) is 130 Å². The summed E-state index contributed by atoms with van der Waals surface area (Å²) in [6, 6.07) is 9.76. The van der Waals surface area contributed by atoms with Gasteiger partial charge in [0, 0.05) is 12.2 Å². The molecule has 1 aromatic carbocycles. The van der Waals surface area contributed by atoms with E-state index >= 15 is 0 Å². The largest absolute Gasteiger partial charge is 0.481 e. The molecule has 11 unspecified atom stereocenters. The minimum atomic E-state index is -1.06. The molecular formula is C81H153NO25S2. The second-order valence-electron chi connectivity index (χ2n) is 29.7. The number of carbonyl (C=O) groups is 12. The van der Waals surface area contributed by atoms with E-state index in [0.29, 0.717) is 18.1 Å². The first kappa shape index (κ1) is 123. The van der Waals surface area contributed by atoms with E-state index < -0.39 is 101 Å². The van der Waals surface area contributed by atoms with Crippen LogP contribution in [0.5, 0.6) is 0 Å². The predicted octanol–water partition coefficient (Wildman–Crippen LogP) is 16.1.